The molecule has 0 aliphatic heterocycles. The molecule has 33 heavy (non-hydrogen) atoms. The summed E-state index contributed by atoms with van der Waals surface area (Å²) in [6, 6.07) is 13.9. The number of nitrogens with zero attached hydrogens (tertiary/aromatic N) is 1. The van der Waals surface area contributed by atoms with Crippen molar-refractivity contribution in [2.24, 2.45) is 0 Å². The van der Waals surface area contributed by atoms with E-state index >= 15 is 0 Å². The number of aromatic nitrogens is 1. The average molecular weight is 450 g/mol. The number of carboxylic acid groups (broad SMARTS) is 1. The second kappa shape index (κ2) is 10.6. The summed E-state index contributed by atoms with van der Waals surface area (Å²) in [4.78, 5) is 39.0. The van der Waals surface area contributed by atoms with Gasteiger partial charge in [0.25, 0.3) is 5.91 Å². The SMILES string of the molecule is CNC(=O)c1cc(Oc2ccc(CNC(=O)Nc3ccc(C(=O)O)cc3OC)cc2)ccn1. The topological polar surface area (TPSA) is 139 Å². The minimum atomic E-state index is -1.09. The van der Waals surface area contributed by atoms with Gasteiger partial charge in [-0.15, -0.1) is 0 Å². The summed E-state index contributed by atoms with van der Waals surface area (Å²) in [5.74, 6) is -0.136. The monoisotopic (exact) mass is 450 g/mol. The Labute approximate surface area is 189 Å². The normalized spacial score (nSPS) is 10.1. The molecule has 0 fully saturated rings. The van der Waals surface area contributed by atoms with E-state index in [0.29, 0.717) is 17.2 Å². The maximum absolute atomic E-state index is 12.2. The van der Waals surface area contributed by atoms with Crippen LogP contribution in [0.5, 0.6) is 17.2 Å². The molecule has 0 atom stereocenters. The molecule has 2 aromatic carbocycles. The molecule has 3 amide bonds. The predicted octanol–water partition coefficient (Wildman–Crippen LogP) is 3.26. The van der Waals surface area contributed by atoms with Crippen LogP contribution in [0.1, 0.15) is 26.4 Å². The molecule has 10 nitrogen and oxygen atoms in total. The van der Waals surface area contributed by atoms with Crippen molar-refractivity contribution in [1.82, 2.24) is 15.6 Å². The van der Waals surface area contributed by atoms with Gasteiger partial charge in [-0.2, -0.15) is 0 Å². The third kappa shape index (κ3) is 6.20. The molecular weight excluding hydrogens is 428 g/mol. The number of ether oxygens (including phenoxy) is 2. The molecule has 170 valence electrons. The lowest BCUT2D eigenvalue weighted by Crippen LogP contribution is -2.28. The summed E-state index contributed by atoms with van der Waals surface area (Å²) in [5, 5.41) is 16.9. The second-order valence-corrected chi connectivity index (χ2v) is 6.73. The van der Waals surface area contributed by atoms with E-state index in [4.69, 9.17) is 14.6 Å². The van der Waals surface area contributed by atoms with Crippen molar-refractivity contribution in [2.45, 2.75) is 6.54 Å². The summed E-state index contributed by atoms with van der Waals surface area (Å²) >= 11 is 0. The first-order chi connectivity index (χ1) is 15.9. The van der Waals surface area contributed by atoms with Gasteiger partial charge in [0.1, 0.15) is 22.9 Å². The molecule has 0 aliphatic carbocycles. The number of hydrogen-bond acceptors (Lipinski definition) is 6. The lowest BCUT2D eigenvalue weighted by atomic mass is 10.2. The molecule has 3 rings (SSSR count). The number of urea groups is 1. The summed E-state index contributed by atoms with van der Waals surface area (Å²) in [5.41, 5.74) is 1.47. The van der Waals surface area contributed by atoms with E-state index in [0.717, 1.165) is 5.56 Å². The fourth-order valence-electron chi connectivity index (χ4n) is 2.81. The Hall–Kier alpha value is -4.60. The minimum absolute atomic E-state index is 0.0525. The molecule has 1 aromatic heterocycles. The van der Waals surface area contributed by atoms with Gasteiger partial charge in [-0.3, -0.25) is 9.78 Å². The molecule has 0 saturated heterocycles. The molecule has 0 radical (unpaired) electrons. The number of carbonyl (C=O) groups excluding carboxylic acids is 2. The van der Waals surface area contributed by atoms with Crippen LogP contribution in [0.2, 0.25) is 0 Å². The van der Waals surface area contributed by atoms with Gasteiger partial charge in [-0.25, -0.2) is 9.59 Å². The van der Waals surface area contributed by atoms with Crippen LogP contribution in [0, 0.1) is 0 Å². The Kier molecular flexibility index (Phi) is 7.43. The van der Waals surface area contributed by atoms with Crippen molar-refractivity contribution < 1.29 is 29.0 Å². The van der Waals surface area contributed by atoms with Crippen LogP contribution >= 0.6 is 0 Å². The van der Waals surface area contributed by atoms with Gasteiger partial charge >= 0.3 is 12.0 Å². The maximum Gasteiger partial charge on any atom is 0.335 e. The van der Waals surface area contributed by atoms with E-state index in [1.807, 2.05) is 0 Å². The molecular formula is C23H22N4O6. The Morgan fingerprint density at radius 1 is 1.00 bits per heavy atom. The number of hydrogen-bond donors (Lipinski definition) is 4. The Morgan fingerprint density at radius 2 is 1.76 bits per heavy atom. The Balaban J connectivity index is 1.56. The van der Waals surface area contributed by atoms with Gasteiger partial charge in [0.2, 0.25) is 0 Å². The highest BCUT2D eigenvalue weighted by atomic mass is 16.5. The third-order valence-corrected chi connectivity index (χ3v) is 4.50. The molecule has 0 spiro atoms. The van der Waals surface area contributed by atoms with Crippen LogP contribution in [0.4, 0.5) is 10.5 Å². The quantitative estimate of drug-likeness (QED) is 0.413. The van der Waals surface area contributed by atoms with E-state index in [1.165, 1.54) is 44.6 Å². The zero-order valence-electron chi connectivity index (χ0n) is 17.9. The highest BCUT2D eigenvalue weighted by Gasteiger charge is 2.11. The standard InChI is InChI=1S/C23H22N4O6/c1-24-21(28)19-12-17(9-10-25-19)33-16-6-3-14(4-7-16)13-26-23(31)27-18-8-5-15(22(29)30)11-20(18)32-2/h3-12H,13H2,1-2H3,(H,24,28)(H,29,30)(H2,26,27,31). The summed E-state index contributed by atoms with van der Waals surface area (Å²) in [6.07, 6.45) is 1.49. The third-order valence-electron chi connectivity index (χ3n) is 4.50. The lowest BCUT2D eigenvalue weighted by molar-refractivity contribution is 0.0696. The van der Waals surface area contributed by atoms with E-state index in [1.54, 1.807) is 30.3 Å². The number of carbonyl (C=O) groups is 3. The van der Waals surface area contributed by atoms with Gasteiger partial charge in [0, 0.05) is 25.9 Å². The van der Waals surface area contributed by atoms with Gasteiger partial charge in [-0.1, -0.05) is 12.1 Å². The molecule has 0 aliphatic rings. The molecule has 0 unspecified atom stereocenters. The number of carboxylic acids is 1. The van der Waals surface area contributed by atoms with Gasteiger partial charge in [0.15, 0.2) is 0 Å². The highest BCUT2D eigenvalue weighted by molar-refractivity contribution is 5.94. The van der Waals surface area contributed by atoms with Crippen LogP contribution in [-0.4, -0.2) is 42.2 Å². The summed E-state index contributed by atoms with van der Waals surface area (Å²) in [6.45, 7) is 0.248. The number of methoxy groups -OCH3 is 1. The van der Waals surface area contributed by atoms with E-state index < -0.39 is 12.0 Å². The molecule has 0 saturated carbocycles. The Morgan fingerprint density at radius 3 is 2.42 bits per heavy atom. The number of nitrogens with one attached hydrogen (secondary N) is 3. The maximum atomic E-state index is 12.2. The van der Waals surface area contributed by atoms with Crippen LogP contribution in [-0.2, 0) is 6.54 Å². The summed E-state index contributed by atoms with van der Waals surface area (Å²) < 4.78 is 10.9. The first-order valence-corrected chi connectivity index (χ1v) is 9.80. The minimum Gasteiger partial charge on any atom is -0.495 e. The number of benzene rings is 2. The fraction of sp³-hybridized carbons (Fsp3) is 0.130. The van der Waals surface area contributed by atoms with Gasteiger partial charge in [0.05, 0.1) is 18.4 Å². The highest BCUT2D eigenvalue weighted by Crippen LogP contribution is 2.26. The smallest absolute Gasteiger partial charge is 0.335 e. The van der Waals surface area contributed by atoms with Crippen LogP contribution in [0.25, 0.3) is 0 Å². The summed E-state index contributed by atoms with van der Waals surface area (Å²) in [7, 11) is 2.91. The van der Waals surface area contributed by atoms with E-state index in [-0.39, 0.29) is 29.5 Å². The average Bonchev–Trinajstić information content (AvgIpc) is 2.83. The van der Waals surface area contributed by atoms with Crippen LogP contribution in [0.15, 0.2) is 60.8 Å². The van der Waals surface area contributed by atoms with Crippen molar-refractivity contribution in [3.8, 4) is 17.2 Å². The number of amides is 3. The van der Waals surface area contributed by atoms with Crippen molar-refractivity contribution in [1.29, 1.82) is 0 Å². The first-order valence-electron chi connectivity index (χ1n) is 9.80. The number of rotatable bonds is 8. The Bertz CT molecular complexity index is 1160. The predicted molar refractivity (Wildman–Crippen MR) is 120 cm³/mol. The first kappa shape index (κ1) is 23.1. The van der Waals surface area contributed by atoms with Crippen molar-refractivity contribution in [3.05, 3.63) is 77.6 Å². The van der Waals surface area contributed by atoms with Crippen molar-refractivity contribution >= 4 is 23.6 Å². The number of anilines is 1. The molecule has 10 heteroatoms. The molecule has 4 N–H and O–H groups in total. The van der Waals surface area contributed by atoms with Crippen LogP contribution in [0.3, 0.4) is 0 Å². The zero-order chi connectivity index (χ0) is 23.8. The van der Waals surface area contributed by atoms with Crippen LogP contribution < -0.4 is 25.4 Å². The van der Waals surface area contributed by atoms with Gasteiger partial charge < -0.3 is 30.5 Å². The number of aromatic carboxylic acids is 1. The zero-order valence-corrected chi connectivity index (χ0v) is 17.9. The second-order valence-electron chi connectivity index (χ2n) is 6.73. The number of pyridine rings is 1. The largest absolute Gasteiger partial charge is 0.495 e. The molecule has 1 heterocycles. The van der Waals surface area contributed by atoms with E-state index in [2.05, 4.69) is 20.9 Å². The lowest BCUT2D eigenvalue weighted by Gasteiger charge is -2.12. The van der Waals surface area contributed by atoms with E-state index in [9.17, 15) is 14.4 Å². The van der Waals surface area contributed by atoms with Crippen molar-refractivity contribution in [3.63, 3.8) is 0 Å². The van der Waals surface area contributed by atoms with Gasteiger partial charge in [-0.05, 0) is 42.0 Å². The fourth-order valence-corrected chi connectivity index (χ4v) is 2.81. The van der Waals surface area contributed by atoms with Crippen molar-refractivity contribution in [2.75, 3.05) is 19.5 Å². The molecule has 0 bridgehead atoms. The molecule has 3 aromatic rings.